The van der Waals surface area contributed by atoms with Gasteiger partial charge in [0.1, 0.15) is 5.75 Å². The lowest BCUT2D eigenvalue weighted by molar-refractivity contribution is 0.0679. The van der Waals surface area contributed by atoms with Crippen molar-refractivity contribution in [1.82, 2.24) is 9.88 Å². The summed E-state index contributed by atoms with van der Waals surface area (Å²) in [6, 6.07) is 11.2. The van der Waals surface area contributed by atoms with E-state index in [1.807, 2.05) is 30.3 Å². The first-order valence-corrected chi connectivity index (χ1v) is 6.67. The number of carbonyl (C=O) groups is 1. The molecule has 0 radical (unpaired) electrons. The molecule has 110 valence electrons. The number of aromatic hydroxyl groups is 1. The van der Waals surface area contributed by atoms with Crippen molar-refractivity contribution in [3.8, 4) is 5.75 Å². The van der Waals surface area contributed by atoms with Gasteiger partial charge < -0.3 is 14.7 Å². The molecule has 0 fully saturated rings. The monoisotopic (exact) mass is 286 g/mol. The molecular weight excluding hydrogens is 268 g/mol. The van der Waals surface area contributed by atoms with Crippen LogP contribution in [0.5, 0.6) is 5.75 Å². The number of ether oxygens (including phenoxy) is 1. The summed E-state index contributed by atoms with van der Waals surface area (Å²) in [7, 11) is 1.60. The molecule has 2 rings (SSSR count). The number of pyridine rings is 1. The minimum Gasteiger partial charge on any atom is -0.506 e. The molecule has 5 nitrogen and oxygen atoms in total. The quantitative estimate of drug-likeness (QED) is 0.883. The molecule has 1 amide bonds. The number of methoxy groups -OCH3 is 1. The average Bonchev–Trinajstić information content (AvgIpc) is 2.51. The Kier molecular flexibility index (Phi) is 5.29. The zero-order chi connectivity index (χ0) is 15.1. The van der Waals surface area contributed by atoms with Crippen molar-refractivity contribution >= 4 is 5.91 Å². The summed E-state index contributed by atoms with van der Waals surface area (Å²) in [5.41, 5.74) is 1.40. The molecular formula is C16H18N2O3. The molecule has 0 aliphatic heterocycles. The van der Waals surface area contributed by atoms with Crippen LogP contribution in [-0.4, -0.2) is 41.2 Å². The molecule has 2 aromatic rings. The van der Waals surface area contributed by atoms with Gasteiger partial charge in [-0.3, -0.25) is 9.78 Å². The first-order valence-electron chi connectivity index (χ1n) is 6.67. The van der Waals surface area contributed by atoms with E-state index in [0.29, 0.717) is 25.3 Å². The van der Waals surface area contributed by atoms with Crippen LogP contribution in [0.15, 0.2) is 48.8 Å². The van der Waals surface area contributed by atoms with Crippen molar-refractivity contribution < 1.29 is 14.6 Å². The number of amides is 1. The van der Waals surface area contributed by atoms with Crippen molar-refractivity contribution in [3.05, 3.63) is 59.9 Å². The molecule has 0 atom stereocenters. The van der Waals surface area contributed by atoms with Crippen LogP contribution in [0.2, 0.25) is 0 Å². The van der Waals surface area contributed by atoms with Gasteiger partial charge in [-0.2, -0.15) is 0 Å². The summed E-state index contributed by atoms with van der Waals surface area (Å²) >= 11 is 0. The molecule has 21 heavy (non-hydrogen) atoms. The normalized spacial score (nSPS) is 10.3. The lowest BCUT2D eigenvalue weighted by Gasteiger charge is -2.22. The van der Waals surface area contributed by atoms with Gasteiger partial charge in [0.05, 0.1) is 18.4 Å². The van der Waals surface area contributed by atoms with E-state index in [9.17, 15) is 9.90 Å². The number of hydrogen-bond donors (Lipinski definition) is 1. The molecule has 5 heteroatoms. The lowest BCUT2D eigenvalue weighted by Crippen LogP contribution is -2.33. The number of rotatable bonds is 6. The third-order valence-electron chi connectivity index (χ3n) is 3.04. The largest absolute Gasteiger partial charge is 0.506 e. The third kappa shape index (κ3) is 4.29. The summed E-state index contributed by atoms with van der Waals surface area (Å²) in [5.74, 6) is -0.202. The SMILES string of the molecule is COCCN(Cc1ccccc1)C(=O)c1cncc(O)c1. The molecule has 0 aliphatic rings. The summed E-state index contributed by atoms with van der Waals surface area (Å²) in [4.78, 5) is 18.0. The summed E-state index contributed by atoms with van der Waals surface area (Å²) in [6.07, 6.45) is 2.75. The molecule has 0 saturated heterocycles. The molecule has 0 aliphatic carbocycles. The van der Waals surface area contributed by atoms with Gasteiger partial charge in [0.25, 0.3) is 5.91 Å². The van der Waals surface area contributed by atoms with E-state index < -0.39 is 0 Å². The Balaban J connectivity index is 2.17. The molecule has 0 saturated carbocycles. The van der Waals surface area contributed by atoms with E-state index in [1.54, 1.807) is 12.0 Å². The highest BCUT2D eigenvalue weighted by Gasteiger charge is 2.16. The predicted octanol–water partition coefficient (Wildman–Crippen LogP) is 2.08. The van der Waals surface area contributed by atoms with Crippen molar-refractivity contribution in [2.75, 3.05) is 20.3 Å². The number of hydrogen-bond acceptors (Lipinski definition) is 4. The van der Waals surface area contributed by atoms with Gasteiger partial charge in [0.2, 0.25) is 0 Å². The van der Waals surface area contributed by atoms with Crippen LogP contribution < -0.4 is 0 Å². The van der Waals surface area contributed by atoms with E-state index in [2.05, 4.69) is 4.98 Å². The van der Waals surface area contributed by atoms with E-state index in [4.69, 9.17) is 4.74 Å². The van der Waals surface area contributed by atoms with Gasteiger partial charge in [0.15, 0.2) is 0 Å². The van der Waals surface area contributed by atoms with Gasteiger partial charge in [-0.15, -0.1) is 0 Å². The van der Waals surface area contributed by atoms with Crippen LogP contribution >= 0.6 is 0 Å². The van der Waals surface area contributed by atoms with Gasteiger partial charge >= 0.3 is 0 Å². The molecule has 0 spiro atoms. The van der Waals surface area contributed by atoms with Crippen molar-refractivity contribution in [1.29, 1.82) is 0 Å². The van der Waals surface area contributed by atoms with Crippen LogP contribution in [0, 0.1) is 0 Å². The maximum absolute atomic E-state index is 12.5. The van der Waals surface area contributed by atoms with Gasteiger partial charge in [-0.25, -0.2) is 0 Å². The van der Waals surface area contributed by atoms with Gasteiger partial charge in [-0.05, 0) is 11.6 Å². The van der Waals surface area contributed by atoms with E-state index in [1.165, 1.54) is 18.5 Å². The standard InChI is InChI=1S/C16H18N2O3/c1-21-8-7-18(12-13-5-3-2-4-6-13)16(20)14-9-15(19)11-17-10-14/h2-6,9-11,19H,7-8,12H2,1H3. The first kappa shape index (κ1) is 15.0. The Morgan fingerprint density at radius 1 is 1.29 bits per heavy atom. The van der Waals surface area contributed by atoms with Gasteiger partial charge in [-0.1, -0.05) is 30.3 Å². The van der Waals surface area contributed by atoms with E-state index in [0.717, 1.165) is 5.56 Å². The first-order chi connectivity index (χ1) is 10.2. The topological polar surface area (TPSA) is 62.7 Å². The van der Waals surface area contributed by atoms with Crippen LogP contribution in [0.4, 0.5) is 0 Å². The Hall–Kier alpha value is -2.40. The Bertz CT molecular complexity index is 587. The maximum Gasteiger partial charge on any atom is 0.255 e. The van der Waals surface area contributed by atoms with Crippen LogP contribution in [-0.2, 0) is 11.3 Å². The fourth-order valence-corrected chi connectivity index (χ4v) is 1.99. The van der Waals surface area contributed by atoms with E-state index in [-0.39, 0.29) is 11.7 Å². The highest BCUT2D eigenvalue weighted by Crippen LogP contribution is 2.13. The molecule has 1 N–H and O–H groups in total. The molecule has 0 unspecified atom stereocenters. The second-order valence-corrected chi connectivity index (χ2v) is 4.64. The zero-order valence-electron chi connectivity index (χ0n) is 11.9. The van der Waals surface area contributed by atoms with Crippen LogP contribution in [0.1, 0.15) is 15.9 Å². The van der Waals surface area contributed by atoms with Crippen molar-refractivity contribution in [2.45, 2.75) is 6.54 Å². The number of benzene rings is 1. The highest BCUT2D eigenvalue weighted by atomic mass is 16.5. The average molecular weight is 286 g/mol. The number of carbonyl (C=O) groups excluding carboxylic acids is 1. The second-order valence-electron chi connectivity index (χ2n) is 4.64. The minimum atomic E-state index is -0.181. The van der Waals surface area contributed by atoms with Gasteiger partial charge in [0, 0.05) is 26.4 Å². The van der Waals surface area contributed by atoms with E-state index >= 15 is 0 Å². The lowest BCUT2D eigenvalue weighted by atomic mass is 10.2. The number of nitrogens with zero attached hydrogens (tertiary/aromatic N) is 2. The number of aromatic nitrogens is 1. The van der Waals surface area contributed by atoms with Crippen LogP contribution in [0.25, 0.3) is 0 Å². The molecule has 1 aromatic carbocycles. The molecule has 1 heterocycles. The third-order valence-corrected chi connectivity index (χ3v) is 3.04. The second kappa shape index (κ2) is 7.40. The van der Waals surface area contributed by atoms with Crippen molar-refractivity contribution in [2.24, 2.45) is 0 Å². The predicted molar refractivity (Wildman–Crippen MR) is 79.0 cm³/mol. The maximum atomic E-state index is 12.5. The Morgan fingerprint density at radius 2 is 2.05 bits per heavy atom. The zero-order valence-corrected chi connectivity index (χ0v) is 11.9. The minimum absolute atomic E-state index is 0.0211. The fourth-order valence-electron chi connectivity index (χ4n) is 1.99. The summed E-state index contributed by atoms with van der Waals surface area (Å²) in [6.45, 7) is 1.41. The fraction of sp³-hybridized carbons (Fsp3) is 0.250. The summed E-state index contributed by atoms with van der Waals surface area (Å²) < 4.78 is 5.06. The van der Waals surface area contributed by atoms with Crippen LogP contribution in [0.3, 0.4) is 0 Å². The molecule has 1 aromatic heterocycles. The molecule has 0 bridgehead atoms. The smallest absolute Gasteiger partial charge is 0.255 e. The van der Waals surface area contributed by atoms with Crippen molar-refractivity contribution in [3.63, 3.8) is 0 Å². The Labute approximate surface area is 123 Å². The highest BCUT2D eigenvalue weighted by molar-refractivity contribution is 5.94. The Morgan fingerprint density at radius 3 is 2.71 bits per heavy atom. The summed E-state index contributed by atoms with van der Waals surface area (Å²) in [5, 5.41) is 9.45.